The number of hydrogen-bond acceptors (Lipinski definition) is 3. The summed E-state index contributed by atoms with van der Waals surface area (Å²) in [5, 5.41) is 8.51. The third-order valence-corrected chi connectivity index (χ3v) is 3.18. The molecule has 1 fully saturated rings. The Morgan fingerprint density at radius 1 is 1.11 bits per heavy atom. The first-order valence-corrected chi connectivity index (χ1v) is 6.61. The molecule has 18 heavy (non-hydrogen) atoms. The van der Waals surface area contributed by atoms with Crippen LogP contribution >= 0.6 is 0 Å². The predicted octanol–water partition coefficient (Wildman–Crippen LogP) is 1.15. The zero-order valence-corrected chi connectivity index (χ0v) is 11.0. The average Bonchev–Trinajstić information content (AvgIpc) is 2.62. The Balaban J connectivity index is 2.43. The van der Waals surface area contributed by atoms with Gasteiger partial charge in [0.1, 0.15) is 6.42 Å². The highest BCUT2D eigenvalue weighted by Gasteiger charge is 2.21. The van der Waals surface area contributed by atoms with Gasteiger partial charge in [-0.2, -0.15) is 5.26 Å². The molecule has 0 spiro atoms. The van der Waals surface area contributed by atoms with Crippen LogP contribution in [0.5, 0.6) is 0 Å². The van der Waals surface area contributed by atoms with E-state index in [9.17, 15) is 9.59 Å². The molecule has 1 aliphatic heterocycles. The third-order valence-electron chi connectivity index (χ3n) is 3.18. The maximum atomic E-state index is 11.9. The molecule has 5 heteroatoms. The summed E-state index contributed by atoms with van der Waals surface area (Å²) in [5.41, 5.74) is 0. The average molecular weight is 251 g/mol. The van der Waals surface area contributed by atoms with E-state index in [1.165, 1.54) is 0 Å². The highest BCUT2D eigenvalue weighted by atomic mass is 16.2. The van der Waals surface area contributed by atoms with Crippen LogP contribution in [0.15, 0.2) is 0 Å². The first-order chi connectivity index (χ1) is 8.69. The van der Waals surface area contributed by atoms with E-state index in [2.05, 4.69) is 6.92 Å². The second kappa shape index (κ2) is 7.70. The fourth-order valence-corrected chi connectivity index (χ4v) is 2.08. The zero-order chi connectivity index (χ0) is 13.4. The number of nitrogens with zero attached hydrogens (tertiary/aromatic N) is 3. The first-order valence-electron chi connectivity index (χ1n) is 6.61. The number of hydrogen-bond donors (Lipinski definition) is 0. The standard InChI is InChI=1S/C13H21N3O2/c1-2-3-5-12(17)15-8-4-9-16(11-10-15)13(18)6-7-14/h2-6,8-11H2,1H3. The van der Waals surface area contributed by atoms with Gasteiger partial charge in [0.2, 0.25) is 11.8 Å². The summed E-state index contributed by atoms with van der Waals surface area (Å²) in [7, 11) is 0. The van der Waals surface area contributed by atoms with Gasteiger partial charge in [0.25, 0.3) is 0 Å². The molecule has 0 saturated carbocycles. The van der Waals surface area contributed by atoms with Gasteiger partial charge in [0, 0.05) is 32.6 Å². The van der Waals surface area contributed by atoms with E-state index < -0.39 is 0 Å². The molecule has 2 amide bonds. The summed E-state index contributed by atoms with van der Waals surface area (Å²) in [4.78, 5) is 27.0. The molecular weight excluding hydrogens is 230 g/mol. The molecule has 0 radical (unpaired) electrons. The molecule has 0 bridgehead atoms. The fraction of sp³-hybridized carbons (Fsp3) is 0.769. The van der Waals surface area contributed by atoms with Gasteiger partial charge in [-0.1, -0.05) is 13.3 Å². The van der Waals surface area contributed by atoms with Crippen LogP contribution in [-0.4, -0.2) is 47.8 Å². The maximum Gasteiger partial charge on any atom is 0.236 e. The lowest BCUT2D eigenvalue weighted by molar-refractivity contribution is -0.133. The van der Waals surface area contributed by atoms with Crippen LogP contribution in [0.1, 0.15) is 39.0 Å². The highest BCUT2D eigenvalue weighted by Crippen LogP contribution is 2.08. The zero-order valence-electron chi connectivity index (χ0n) is 11.0. The molecular formula is C13H21N3O2. The molecule has 100 valence electrons. The lowest BCUT2D eigenvalue weighted by Crippen LogP contribution is -2.37. The SMILES string of the molecule is CCCCC(=O)N1CCCN(C(=O)CC#N)CC1. The molecule has 0 atom stereocenters. The molecule has 0 N–H and O–H groups in total. The van der Waals surface area contributed by atoms with Crippen molar-refractivity contribution in [3.8, 4) is 6.07 Å². The molecule has 0 aromatic carbocycles. The second-order valence-electron chi connectivity index (χ2n) is 4.55. The number of nitriles is 1. The lowest BCUT2D eigenvalue weighted by Gasteiger charge is -2.21. The number of unbranched alkanes of at least 4 members (excludes halogenated alkanes) is 1. The van der Waals surface area contributed by atoms with Crippen LogP contribution < -0.4 is 0 Å². The van der Waals surface area contributed by atoms with Crippen molar-refractivity contribution >= 4 is 11.8 Å². The first kappa shape index (κ1) is 14.5. The summed E-state index contributed by atoms with van der Waals surface area (Å²) in [6, 6.07) is 1.88. The van der Waals surface area contributed by atoms with E-state index in [-0.39, 0.29) is 18.2 Å². The van der Waals surface area contributed by atoms with Gasteiger partial charge in [-0.25, -0.2) is 0 Å². The van der Waals surface area contributed by atoms with Crippen LogP contribution in [0, 0.1) is 11.3 Å². The van der Waals surface area contributed by atoms with Gasteiger partial charge < -0.3 is 9.80 Å². The molecule has 0 unspecified atom stereocenters. The van der Waals surface area contributed by atoms with Crippen molar-refractivity contribution in [3.05, 3.63) is 0 Å². The topological polar surface area (TPSA) is 64.4 Å². The van der Waals surface area contributed by atoms with E-state index >= 15 is 0 Å². The van der Waals surface area contributed by atoms with E-state index in [0.717, 1.165) is 25.8 Å². The van der Waals surface area contributed by atoms with Gasteiger partial charge in [-0.05, 0) is 12.8 Å². The normalized spacial score (nSPS) is 16.0. The summed E-state index contributed by atoms with van der Waals surface area (Å²) >= 11 is 0. The van der Waals surface area contributed by atoms with Crippen LogP contribution in [-0.2, 0) is 9.59 Å². The fourth-order valence-electron chi connectivity index (χ4n) is 2.08. The van der Waals surface area contributed by atoms with E-state index in [1.807, 2.05) is 11.0 Å². The van der Waals surface area contributed by atoms with Crippen LogP contribution in [0.25, 0.3) is 0 Å². The minimum Gasteiger partial charge on any atom is -0.341 e. The summed E-state index contributed by atoms with van der Waals surface area (Å²) in [6.45, 7) is 4.59. The molecule has 1 aliphatic rings. The van der Waals surface area contributed by atoms with Crippen molar-refractivity contribution in [1.29, 1.82) is 5.26 Å². The Morgan fingerprint density at radius 2 is 1.72 bits per heavy atom. The molecule has 1 saturated heterocycles. The maximum absolute atomic E-state index is 11.9. The number of carbonyl (C=O) groups excluding carboxylic acids is 2. The second-order valence-corrected chi connectivity index (χ2v) is 4.55. The Kier molecular flexibility index (Phi) is 6.20. The van der Waals surface area contributed by atoms with Crippen molar-refractivity contribution in [2.45, 2.75) is 39.0 Å². The van der Waals surface area contributed by atoms with Gasteiger partial charge in [0.05, 0.1) is 6.07 Å². The summed E-state index contributed by atoms with van der Waals surface area (Å²) < 4.78 is 0. The molecule has 1 rings (SSSR count). The van der Waals surface area contributed by atoms with Crippen LogP contribution in [0.2, 0.25) is 0 Å². The molecule has 1 heterocycles. The van der Waals surface area contributed by atoms with Crippen LogP contribution in [0.3, 0.4) is 0 Å². The summed E-state index contributed by atoms with van der Waals surface area (Å²) in [5.74, 6) is 0.0618. The van der Waals surface area contributed by atoms with Crippen molar-refractivity contribution in [2.24, 2.45) is 0 Å². The minimum atomic E-state index is -0.125. The van der Waals surface area contributed by atoms with E-state index in [4.69, 9.17) is 5.26 Å². The van der Waals surface area contributed by atoms with Crippen molar-refractivity contribution in [3.63, 3.8) is 0 Å². The Labute approximate surface area is 108 Å². The van der Waals surface area contributed by atoms with E-state index in [0.29, 0.717) is 26.1 Å². The van der Waals surface area contributed by atoms with Crippen LogP contribution in [0.4, 0.5) is 0 Å². The lowest BCUT2D eigenvalue weighted by atomic mass is 10.2. The van der Waals surface area contributed by atoms with Gasteiger partial charge in [-0.3, -0.25) is 9.59 Å². The Morgan fingerprint density at radius 3 is 2.28 bits per heavy atom. The molecule has 0 aromatic rings. The highest BCUT2D eigenvalue weighted by molar-refractivity contribution is 5.79. The summed E-state index contributed by atoms with van der Waals surface area (Å²) in [6.07, 6.45) is 3.28. The van der Waals surface area contributed by atoms with Gasteiger partial charge in [-0.15, -0.1) is 0 Å². The number of amides is 2. The largest absolute Gasteiger partial charge is 0.341 e. The van der Waals surface area contributed by atoms with E-state index in [1.54, 1.807) is 4.90 Å². The Hall–Kier alpha value is -1.57. The smallest absolute Gasteiger partial charge is 0.236 e. The van der Waals surface area contributed by atoms with Crippen molar-refractivity contribution < 1.29 is 9.59 Å². The van der Waals surface area contributed by atoms with Gasteiger partial charge in [0.15, 0.2) is 0 Å². The van der Waals surface area contributed by atoms with Gasteiger partial charge >= 0.3 is 0 Å². The number of rotatable bonds is 4. The molecule has 5 nitrogen and oxygen atoms in total. The number of carbonyl (C=O) groups is 2. The van der Waals surface area contributed by atoms with Crippen molar-refractivity contribution in [2.75, 3.05) is 26.2 Å². The van der Waals surface area contributed by atoms with Crippen molar-refractivity contribution in [1.82, 2.24) is 9.80 Å². The molecule has 0 aliphatic carbocycles. The monoisotopic (exact) mass is 251 g/mol. The third kappa shape index (κ3) is 4.36. The quantitative estimate of drug-likeness (QED) is 0.753. The Bertz CT molecular complexity index is 336. The minimum absolute atomic E-state index is 0.0657. The predicted molar refractivity (Wildman–Crippen MR) is 67.5 cm³/mol. The molecule has 0 aromatic heterocycles.